The molecule has 1 aliphatic carbocycles. The second-order valence-electron chi connectivity index (χ2n) is 9.84. The number of ketones is 1. The third-order valence-corrected chi connectivity index (χ3v) is 7.90. The molecule has 0 spiro atoms. The average Bonchev–Trinajstić information content (AvgIpc) is 3.57. The van der Waals surface area contributed by atoms with Gasteiger partial charge in [-0.1, -0.05) is 62.7 Å². The fourth-order valence-corrected chi connectivity index (χ4v) is 4.67. The molecule has 8 N–H and O–H groups in total. The molecule has 1 saturated carbocycles. The van der Waals surface area contributed by atoms with E-state index in [9.17, 15) is 29.1 Å². The molecule has 3 rings (SSSR count). The number of carbonyl (C=O) groups excluding carboxylic acids is 5. The van der Waals surface area contributed by atoms with Crippen molar-refractivity contribution in [2.24, 2.45) is 17.4 Å². The van der Waals surface area contributed by atoms with Crippen molar-refractivity contribution < 1.29 is 29.1 Å². The van der Waals surface area contributed by atoms with E-state index in [1.54, 1.807) is 6.92 Å². The molecule has 4 amide bonds. The molecule has 0 radical (unpaired) electrons. The first-order valence-corrected chi connectivity index (χ1v) is 13.7. The smallest absolute Gasteiger partial charge is 0.244 e. The molecule has 0 unspecified atom stereocenters. The van der Waals surface area contributed by atoms with Gasteiger partial charge in [0.05, 0.1) is 12.4 Å². The molecule has 12 heteroatoms. The van der Waals surface area contributed by atoms with E-state index in [0.29, 0.717) is 6.42 Å². The van der Waals surface area contributed by atoms with Crippen molar-refractivity contribution in [3.63, 3.8) is 0 Å². The number of primary amides is 1. The Morgan fingerprint density at radius 2 is 1.74 bits per heavy atom. The lowest BCUT2D eigenvalue weighted by molar-refractivity contribution is -0.133. The van der Waals surface area contributed by atoms with Gasteiger partial charge in [-0.2, -0.15) is 0 Å². The number of hydrogen-bond donors (Lipinski definition) is 6. The monoisotopic (exact) mass is 557 g/mol. The number of nitrogens with two attached hydrogens (primary N) is 2. The first-order valence-electron chi connectivity index (χ1n) is 12.7. The summed E-state index contributed by atoms with van der Waals surface area (Å²) in [6, 6.07) is 11.3. The van der Waals surface area contributed by atoms with Crippen LogP contribution < -0.4 is 27.4 Å². The van der Waals surface area contributed by atoms with Crippen LogP contribution >= 0.6 is 11.8 Å². The van der Waals surface area contributed by atoms with Crippen LogP contribution in [0.15, 0.2) is 42.5 Å². The molecule has 0 aromatic heterocycles. The van der Waals surface area contributed by atoms with Crippen LogP contribution in [0, 0.1) is 5.92 Å². The predicted molar refractivity (Wildman–Crippen MR) is 148 cm³/mol. The molecular formula is C27H35N5O6S. The molecule has 39 heavy (non-hydrogen) atoms. The topological polar surface area (TPSA) is 194 Å². The summed E-state index contributed by atoms with van der Waals surface area (Å²) in [7, 11) is 0. The molecule has 1 fully saturated rings. The summed E-state index contributed by atoms with van der Waals surface area (Å²) in [5.74, 6) is -3.28. The molecule has 11 nitrogen and oxygen atoms in total. The quantitative estimate of drug-likeness (QED) is 0.171. The van der Waals surface area contributed by atoms with Crippen LogP contribution in [0.3, 0.4) is 0 Å². The molecule has 2 aromatic carbocycles. The minimum atomic E-state index is -1.30. The van der Waals surface area contributed by atoms with E-state index in [4.69, 9.17) is 11.5 Å². The van der Waals surface area contributed by atoms with Crippen LogP contribution in [0.25, 0.3) is 10.8 Å². The summed E-state index contributed by atoms with van der Waals surface area (Å²) in [6.07, 6.45) is 0.701. The molecule has 210 valence electrons. The number of aliphatic hydroxyl groups is 1. The Morgan fingerprint density at radius 1 is 1.08 bits per heavy atom. The van der Waals surface area contributed by atoms with Gasteiger partial charge < -0.3 is 32.5 Å². The number of amides is 4. The van der Waals surface area contributed by atoms with Gasteiger partial charge >= 0.3 is 0 Å². The summed E-state index contributed by atoms with van der Waals surface area (Å²) in [5, 5.41) is 18.5. The number of hydrogen-bond acceptors (Lipinski definition) is 8. The summed E-state index contributed by atoms with van der Waals surface area (Å²) in [5.41, 5.74) is 10.2. The summed E-state index contributed by atoms with van der Waals surface area (Å²) in [6.45, 7) is 3.11. The fraction of sp³-hybridized carbons (Fsp3) is 0.444. The predicted octanol–water partition coefficient (Wildman–Crippen LogP) is -0.279. The highest BCUT2D eigenvalue weighted by Crippen LogP contribution is 2.30. The second-order valence-corrected chi connectivity index (χ2v) is 11.0. The summed E-state index contributed by atoms with van der Waals surface area (Å²) < 4.78 is 0. The van der Waals surface area contributed by atoms with Crippen LogP contribution in [-0.4, -0.2) is 69.9 Å². The molecule has 5 atom stereocenters. The van der Waals surface area contributed by atoms with Gasteiger partial charge in [0.1, 0.15) is 23.0 Å². The van der Waals surface area contributed by atoms with Crippen molar-refractivity contribution in [3.05, 3.63) is 48.0 Å². The normalized spacial score (nSPS) is 19.4. The highest BCUT2D eigenvalue weighted by molar-refractivity contribution is 8.01. The Labute approximate surface area is 230 Å². The second kappa shape index (κ2) is 13.0. The van der Waals surface area contributed by atoms with E-state index < -0.39 is 53.2 Å². The average molecular weight is 558 g/mol. The number of aliphatic hydroxyl groups excluding tert-OH is 1. The summed E-state index contributed by atoms with van der Waals surface area (Å²) in [4.78, 5) is 62.3. The Kier molecular flexibility index (Phi) is 10.1. The maximum absolute atomic E-state index is 13.5. The first-order chi connectivity index (χ1) is 18.5. The van der Waals surface area contributed by atoms with E-state index in [2.05, 4.69) is 16.0 Å². The Bertz CT molecular complexity index is 1260. The molecule has 0 aliphatic heterocycles. The van der Waals surface area contributed by atoms with Crippen LogP contribution in [0.4, 0.5) is 0 Å². The van der Waals surface area contributed by atoms with Crippen molar-refractivity contribution in [3.8, 4) is 0 Å². The summed E-state index contributed by atoms with van der Waals surface area (Å²) >= 11 is 0.838. The van der Waals surface area contributed by atoms with Crippen LogP contribution in [-0.2, 0) is 30.4 Å². The molecular weight excluding hydrogens is 522 g/mol. The van der Waals surface area contributed by atoms with Crippen LogP contribution in [0.5, 0.6) is 0 Å². The number of thioether (sulfide) groups is 1. The Balaban J connectivity index is 1.80. The number of rotatable bonds is 14. The zero-order valence-electron chi connectivity index (χ0n) is 21.9. The van der Waals surface area contributed by atoms with Gasteiger partial charge in [-0.3, -0.25) is 24.0 Å². The zero-order valence-corrected chi connectivity index (χ0v) is 22.8. The number of carbonyl (C=O) groups is 5. The third kappa shape index (κ3) is 7.78. The van der Waals surface area contributed by atoms with Gasteiger partial charge in [0.2, 0.25) is 23.6 Å². The minimum absolute atomic E-state index is 0.0299. The van der Waals surface area contributed by atoms with Crippen molar-refractivity contribution >= 4 is 51.9 Å². The van der Waals surface area contributed by atoms with Crippen molar-refractivity contribution in [2.45, 2.75) is 56.1 Å². The van der Waals surface area contributed by atoms with Crippen molar-refractivity contribution in [1.82, 2.24) is 16.0 Å². The van der Waals surface area contributed by atoms with Gasteiger partial charge in [-0.15, -0.1) is 11.8 Å². The third-order valence-electron chi connectivity index (χ3n) is 6.88. The number of Topliss-reactive ketones (excluding diaryl/α,β-unsaturated/α-hetero) is 1. The molecule has 2 aromatic rings. The van der Waals surface area contributed by atoms with Crippen LogP contribution in [0.2, 0.25) is 0 Å². The molecule has 0 heterocycles. The van der Waals surface area contributed by atoms with Gasteiger partial charge in [-0.05, 0) is 22.3 Å². The standard InChI is InChI=1S/C27H35N5O6S/c1-3-15(2)22(26(38)32-27(14-33)12-20(27)34)31-25(37)19(30-21(35)13-39-24(29)23(28)36)11-16-8-9-17-6-4-5-7-18(17)10-16/h4-10,15,19,22,24,33H,3,11-14,29H2,1-2H3,(H2,28,36)(H,30,35)(H,31,37)(H,32,38)/t15-,19-,22-,24-,27-/m0/s1. The van der Waals surface area contributed by atoms with E-state index >= 15 is 0 Å². The van der Waals surface area contributed by atoms with Gasteiger partial charge in [0.15, 0.2) is 5.78 Å². The Morgan fingerprint density at radius 3 is 2.33 bits per heavy atom. The minimum Gasteiger partial charge on any atom is -0.393 e. The highest BCUT2D eigenvalue weighted by Gasteiger charge is 2.55. The number of benzene rings is 2. The fourth-order valence-electron chi connectivity index (χ4n) is 4.09. The maximum atomic E-state index is 13.5. The van der Waals surface area contributed by atoms with E-state index in [1.165, 1.54) is 0 Å². The van der Waals surface area contributed by atoms with Gasteiger partial charge in [0.25, 0.3) is 0 Å². The zero-order chi connectivity index (χ0) is 28.7. The Hall–Kier alpha value is -3.48. The molecule has 0 bridgehead atoms. The van der Waals surface area contributed by atoms with Crippen molar-refractivity contribution in [2.75, 3.05) is 12.4 Å². The highest BCUT2D eigenvalue weighted by atomic mass is 32.2. The lowest BCUT2D eigenvalue weighted by Crippen LogP contribution is -2.58. The lowest BCUT2D eigenvalue weighted by atomic mass is 9.96. The van der Waals surface area contributed by atoms with Crippen LogP contribution in [0.1, 0.15) is 32.3 Å². The largest absolute Gasteiger partial charge is 0.393 e. The van der Waals surface area contributed by atoms with E-state index in [1.807, 2.05) is 49.4 Å². The first kappa shape index (κ1) is 30.1. The maximum Gasteiger partial charge on any atom is 0.244 e. The molecule has 0 saturated heterocycles. The van der Waals surface area contributed by atoms with E-state index in [0.717, 1.165) is 28.1 Å². The number of nitrogens with one attached hydrogen (secondary N) is 3. The van der Waals surface area contributed by atoms with E-state index in [-0.39, 0.29) is 30.3 Å². The molecule has 1 aliphatic rings. The SMILES string of the molecule is CC[C@H](C)[C@H](NC(=O)[C@H](Cc1ccc2ccccc2c1)NC(=O)CS[C@H](N)C(N)=O)C(=O)N[C@]1(CO)CC1=O. The van der Waals surface area contributed by atoms with Gasteiger partial charge in [-0.25, -0.2) is 0 Å². The van der Waals surface area contributed by atoms with Crippen molar-refractivity contribution in [1.29, 1.82) is 0 Å². The van der Waals surface area contributed by atoms with Gasteiger partial charge in [0, 0.05) is 12.8 Å². The lowest BCUT2D eigenvalue weighted by Gasteiger charge is -2.28. The number of fused-ring (bicyclic) bond motifs is 1.